The number of anilines is 1. The first-order chi connectivity index (χ1) is 12.9. The van der Waals surface area contributed by atoms with Crippen molar-refractivity contribution in [3.63, 3.8) is 0 Å². The Bertz CT molecular complexity index is 930. The van der Waals surface area contributed by atoms with Crippen molar-refractivity contribution in [3.05, 3.63) is 63.6 Å². The number of hydrogen-bond donors (Lipinski definition) is 1. The summed E-state index contributed by atoms with van der Waals surface area (Å²) < 4.78 is 0. The molecule has 0 saturated heterocycles. The van der Waals surface area contributed by atoms with Gasteiger partial charge in [-0.05, 0) is 36.2 Å². The summed E-state index contributed by atoms with van der Waals surface area (Å²) >= 11 is 18.3. The van der Waals surface area contributed by atoms with Crippen molar-refractivity contribution in [3.8, 4) is 0 Å². The van der Waals surface area contributed by atoms with Crippen molar-refractivity contribution in [1.82, 2.24) is 5.32 Å². The summed E-state index contributed by atoms with van der Waals surface area (Å²) in [6.07, 6.45) is -0.520. The number of halogens is 3. The number of benzene rings is 2. The minimum Gasteiger partial charge on any atom is -0.326 e. The number of amides is 2. The molecule has 2 amide bonds. The highest BCUT2D eigenvalue weighted by molar-refractivity contribution is 6.70. The average molecular weight is 425 g/mol. The number of hydrogen-bond acceptors (Lipinski definition) is 3. The molecule has 5 nitrogen and oxygen atoms in total. The fraction of sp³-hybridized carbons (Fsp3) is 0.211. The van der Waals surface area contributed by atoms with E-state index >= 15 is 0 Å². The number of para-hydroxylation sites is 1. The monoisotopic (exact) mass is 423 g/mol. The number of fused-ring (bicyclic) bond motifs is 1. The number of nitrogens with one attached hydrogen (secondary N) is 1. The van der Waals surface area contributed by atoms with Gasteiger partial charge in [0.25, 0.3) is 5.91 Å². The van der Waals surface area contributed by atoms with E-state index in [4.69, 9.17) is 34.8 Å². The fourth-order valence-electron chi connectivity index (χ4n) is 2.77. The van der Waals surface area contributed by atoms with Crippen molar-refractivity contribution in [2.45, 2.75) is 19.0 Å². The van der Waals surface area contributed by atoms with Crippen LogP contribution in [0.25, 0.3) is 0 Å². The second-order valence-corrected chi connectivity index (χ2v) is 7.24. The van der Waals surface area contributed by atoms with Gasteiger partial charge in [0.2, 0.25) is 12.1 Å². The number of carbonyl (C=O) groups excluding carboxylic acids is 2. The number of aryl methyl sites for hydroxylation is 1. The lowest BCUT2D eigenvalue weighted by molar-refractivity contribution is -0.127. The maximum Gasteiger partial charge on any atom is 0.272 e. The zero-order chi connectivity index (χ0) is 19.6. The predicted molar refractivity (Wildman–Crippen MR) is 109 cm³/mol. The van der Waals surface area contributed by atoms with Crippen LogP contribution in [0, 0.1) is 0 Å². The molecule has 1 heterocycles. The minimum absolute atomic E-state index is 0.148. The van der Waals surface area contributed by atoms with E-state index in [9.17, 15) is 9.59 Å². The van der Waals surface area contributed by atoms with Gasteiger partial charge in [0.05, 0.1) is 5.69 Å². The Morgan fingerprint density at radius 2 is 1.93 bits per heavy atom. The molecule has 0 radical (unpaired) electrons. The van der Waals surface area contributed by atoms with Gasteiger partial charge in [-0.3, -0.25) is 9.59 Å². The largest absolute Gasteiger partial charge is 0.326 e. The summed E-state index contributed by atoms with van der Waals surface area (Å²) in [5, 5.41) is 3.84. The lowest BCUT2D eigenvalue weighted by atomic mass is 10.1. The molecule has 0 saturated carbocycles. The Labute approximate surface area is 171 Å². The molecule has 1 atom stereocenters. The van der Waals surface area contributed by atoms with Crippen LogP contribution in [0.2, 0.25) is 10.0 Å². The SMILES string of the molecule is CN1C(=O)C(NC(=O)CCc2ccc(Cl)cc2Cl)N=C(Cl)c2ccccc21. The number of benzodiazepines with no additional fused rings is 1. The van der Waals surface area contributed by atoms with Crippen molar-refractivity contribution in [2.24, 2.45) is 4.99 Å². The molecule has 1 aliphatic heterocycles. The van der Waals surface area contributed by atoms with E-state index < -0.39 is 6.17 Å². The molecule has 1 unspecified atom stereocenters. The van der Waals surface area contributed by atoms with Crippen LogP contribution in [-0.2, 0) is 16.0 Å². The lowest BCUT2D eigenvalue weighted by Crippen LogP contribution is -2.46. The summed E-state index contributed by atoms with van der Waals surface area (Å²) in [6, 6.07) is 12.3. The smallest absolute Gasteiger partial charge is 0.272 e. The van der Waals surface area contributed by atoms with Crippen LogP contribution in [0.4, 0.5) is 5.69 Å². The van der Waals surface area contributed by atoms with E-state index in [1.807, 2.05) is 12.1 Å². The summed E-state index contributed by atoms with van der Waals surface area (Å²) in [6.45, 7) is 0. The van der Waals surface area contributed by atoms with Gasteiger partial charge in [0, 0.05) is 29.1 Å². The Balaban J connectivity index is 1.70. The Morgan fingerprint density at radius 3 is 2.67 bits per heavy atom. The molecule has 27 heavy (non-hydrogen) atoms. The Morgan fingerprint density at radius 1 is 1.19 bits per heavy atom. The first-order valence-electron chi connectivity index (χ1n) is 8.20. The Hall–Kier alpha value is -2.08. The van der Waals surface area contributed by atoms with Crippen molar-refractivity contribution in [1.29, 1.82) is 0 Å². The molecule has 8 heteroatoms. The molecule has 0 bridgehead atoms. The zero-order valence-electron chi connectivity index (χ0n) is 14.4. The third-order valence-corrected chi connectivity index (χ3v) is 5.12. The molecule has 0 fully saturated rings. The van der Waals surface area contributed by atoms with E-state index in [0.29, 0.717) is 27.7 Å². The molecule has 0 spiro atoms. The van der Waals surface area contributed by atoms with Crippen molar-refractivity contribution < 1.29 is 9.59 Å². The fourth-order valence-corrected chi connectivity index (χ4v) is 3.53. The number of aliphatic imine (C=N–C) groups is 1. The summed E-state index contributed by atoms with van der Waals surface area (Å²) in [5.74, 6) is -0.692. The zero-order valence-corrected chi connectivity index (χ0v) is 16.6. The van der Waals surface area contributed by atoms with Gasteiger partial charge >= 0.3 is 0 Å². The highest BCUT2D eigenvalue weighted by Gasteiger charge is 2.29. The highest BCUT2D eigenvalue weighted by Crippen LogP contribution is 2.26. The summed E-state index contributed by atoms with van der Waals surface area (Å²) in [7, 11) is 1.62. The predicted octanol–water partition coefficient (Wildman–Crippen LogP) is 4.03. The van der Waals surface area contributed by atoms with E-state index in [1.165, 1.54) is 4.90 Å². The van der Waals surface area contributed by atoms with Crippen LogP contribution < -0.4 is 10.2 Å². The summed E-state index contributed by atoms with van der Waals surface area (Å²) in [5.41, 5.74) is 2.08. The lowest BCUT2D eigenvalue weighted by Gasteiger charge is -2.20. The molecular formula is C19H16Cl3N3O2. The van der Waals surface area contributed by atoms with Crippen molar-refractivity contribution >= 4 is 57.5 Å². The Kier molecular flexibility index (Phi) is 6.05. The van der Waals surface area contributed by atoms with Crippen molar-refractivity contribution in [2.75, 3.05) is 11.9 Å². The topological polar surface area (TPSA) is 61.8 Å². The van der Waals surface area contributed by atoms with E-state index in [-0.39, 0.29) is 23.4 Å². The maximum absolute atomic E-state index is 12.7. The van der Waals surface area contributed by atoms with Crippen LogP contribution in [0.15, 0.2) is 47.5 Å². The first kappa shape index (κ1) is 19.7. The van der Waals surface area contributed by atoms with Gasteiger partial charge in [0.15, 0.2) is 0 Å². The first-order valence-corrected chi connectivity index (χ1v) is 9.34. The van der Waals surface area contributed by atoms with Gasteiger partial charge in [0.1, 0.15) is 5.17 Å². The third-order valence-electron chi connectivity index (χ3n) is 4.23. The molecule has 1 N–H and O–H groups in total. The molecule has 0 aromatic heterocycles. The van der Waals surface area contributed by atoms with Crippen LogP contribution in [0.5, 0.6) is 0 Å². The quantitative estimate of drug-likeness (QED) is 0.805. The second-order valence-electron chi connectivity index (χ2n) is 6.04. The standard InChI is InChI=1S/C19H16Cl3N3O2/c1-25-15-5-3-2-4-13(15)17(22)24-18(19(25)27)23-16(26)9-7-11-6-8-12(20)10-14(11)21/h2-6,8,10,18H,7,9H2,1H3,(H,23,26). The van der Waals surface area contributed by atoms with Crippen LogP contribution in [0.1, 0.15) is 17.5 Å². The average Bonchev–Trinajstić information content (AvgIpc) is 2.73. The molecule has 0 aliphatic carbocycles. The number of likely N-dealkylation sites (N-methyl/N-ethyl adjacent to an activating group) is 1. The highest BCUT2D eigenvalue weighted by atomic mass is 35.5. The third kappa shape index (κ3) is 4.43. The normalized spacial score (nSPS) is 16.4. The van der Waals surface area contributed by atoms with Gasteiger partial charge in [-0.15, -0.1) is 0 Å². The van der Waals surface area contributed by atoms with Crippen LogP contribution >= 0.6 is 34.8 Å². The van der Waals surface area contributed by atoms with Crippen LogP contribution in [-0.4, -0.2) is 30.2 Å². The molecule has 2 aromatic rings. The maximum atomic E-state index is 12.7. The molecule has 1 aliphatic rings. The summed E-state index contributed by atoms with van der Waals surface area (Å²) in [4.78, 5) is 30.6. The number of rotatable bonds is 4. The van der Waals surface area contributed by atoms with Gasteiger partial charge in [-0.2, -0.15) is 0 Å². The number of nitrogens with zero attached hydrogens (tertiary/aromatic N) is 2. The van der Waals surface area contributed by atoms with E-state index in [1.54, 1.807) is 37.4 Å². The van der Waals surface area contributed by atoms with Gasteiger partial charge in [-0.1, -0.05) is 53.0 Å². The van der Waals surface area contributed by atoms with Crippen LogP contribution in [0.3, 0.4) is 0 Å². The molecule has 3 rings (SSSR count). The number of carbonyl (C=O) groups is 2. The van der Waals surface area contributed by atoms with Gasteiger partial charge in [-0.25, -0.2) is 4.99 Å². The van der Waals surface area contributed by atoms with E-state index in [2.05, 4.69) is 10.3 Å². The molecular weight excluding hydrogens is 409 g/mol. The van der Waals surface area contributed by atoms with Gasteiger partial charge < -0.3 is 10.2 Å². The molecule has 2 aromatic carbocycles. The van der Waals surface area contributed by atoms with E-state index in [0.717, 1.165) is 5.56 Å². The minimum atomic E-state index is -1.08. The molecule has 140 valence electrons. The second kappa shape index (κ2) is 8.30.